The van der Waals surface area contributed by atoms with E-state index in [4.69, 9.17) is 5.73 Å². The Bertz CT molecular complexity index is 4390. The molecular weight excluding hydrogens is 1720 g/mol. The number of carbonyl (C=O) groups excluding carboxylic acids is 19. The van der Waals surface area contributed by atoms with Gasteiger partial charge in [0.2, 0.25) is 112 Å². The third-order valence-corrected chi connectivity index (χ3v) is 27.8. The number of rotatable bonds is 31. The number of amides is 19. The van der Waals surface area contributed by atoms with E-state index >= 15 is 0 Å². The van der Waals surface area contributed by atoms with Crippen LogP contribution in [0.1, 0.15) is 148 Å². The molecule has 0 aliphatic carbocycles. The molecule has 0 aromatic carbocycles. The smallest absolute Gasteiger partial charge is 0.326 e. The van der Waals surface area contributed by atoms with Gasteiger partial charge in [-0.3, -0.25) is 91.1 Å². The first-order valence-corrected chi connectivity index (χ1v) is 45.9. The zero-order valence-electron chi connectivity index (χ0n) is 73.2. The molecule has 13 saturated heterocycles. The summed E-state index contributed by atoms with van der Waals surface area (Å²) in [6.07, 6.45) is -2.55. The van der Waals surface area contributed by atoms with E-state index in [2.05, 4.69) is 42.5 Å². The summed E-state index contributed by atoms with van der Waals surface area (Å²) in [4.78, 5) is 291. The lowest BCUT2D eigenvalue weighted by atomic mass is 10.1. The quantitative estimate of drug-likeness (QED) is 0.0287. The third kappa shape index (κ3) is 22.2. The van der Waals surface area contributed by atoms with Crippen molar-refractivity contribution in [1.82, 2.24) is 101 Å². The van der Waals surface area contributed by atoms with Gasteiger partial charge in [0.1, 0.15) is 78.5 Å². The molecular formula is C83H123N21O27. The summed E-state index contributed by atoms with van der Waals surface area (Å²) in [6.45, 7) is -3.91. The third-order valence-electron chi connectivity index (χ3n) is 27.8. The average Bonchev–Trinajstić information content (AvgIpc) is 1.66. The Balaban J connectivity index is 0.539. The first-order chi connectivity index (χ1) is 62.6. The van der Waals surface area contributed by atoms with Gasteiger partial charge in [0.15, 0.2) is 0 Å². The number of nitrogens with zero attached hydrogens (tertiary/aromatic N) is 12. The van der Waals surface area contributed by atoms with Crippen molar-refractivity contribution in [3.05, 3.63) is 0 Å². The van der Waals surface area contributed by atoms with Crippen LogP contribution in [0.2, 0.25) is 0 Å². The van der Waals surface area contributed by atoms with Crippen LogP contribution in [-0.4, -0.2) is 465 Å². The van der Waals surface area contributed by atoms with Crippen molar-refractivity contribution in [2.24, 2.45) is 5.73 Å². The second-order valence-electron chi connectivity index (χ2n) is 36.5. The van der Waals surface area contributed by atoms with Crippen LogP contribution >= 0.6 is 0 Å². The fourth-order valence-corrected chi connectivity index (χ4v) is 21.1. The van der Waals surface area contributed by atoms with Crippen molar-refractivity contribution in [2.45, 2.75) is 269 Å². The lowest BCUT2D eigenvalue weighted by Crippen LogP contribution is -2.57. The number of hydrogen-bond acceptors (Lipinski definition) is 28. The Labute approximate surface area is 753 Å². The molecule has 0 saturated carbocycles. The Morgan fingerprint density at radius 2 is 0.542 bits per heavy atom. The summed E-state index contributed by atoms with van der Waals surface area (Å²) >= 11 is 0. The number of nitrogens with one attached hydrogen (secondary N) is 8. The standard InChI is InChI=1S/C83H123N21O27/c84-18-2-1-10-50(92-76(123)52-12-4-20-93(52)64(111)33-87-71(118)58-26-44(105)38-99(58)77(124)51-11-3-19-85-51)70(117)86-32-65(112)94-21-5-13-53(94)78(125)100-39-45(106)27-59(100)72(119)88-34-66(113)95-22-6-14-54(95)79(126)101-40-46(107)28-60(101)73(120)89-35-67(114)96-23-7-15-55(96)80(127)102-41-47(108)29-61(102)74(121)90-36-68(115)97-24-8-16-56(97)81(128)103-42-48(109)30-62(103)75(122)91-37-69(116)98-25-9-17-57(98)82(129)104-43-49(110)31-63(104)83(130)131/h44-63,85,105-110H,1-43,84H2,(H,86,117)(H,87,118)(H,88,119)(H,89,120)(H,90,121)(H,91,122)(H,92,123)(H,130,131)/t44-,45-,46-,47-,48-,49-,50+,51+,52+,53+,54+,55+,56+,57+,58+,59+,60+,61+,62+,63+/m1/s1. The highest BCUT2D eigenvalue weighted by molar-refractivity contribution is 6.02. The Morgan fingerprint density at radius 3 is 0.809 bits per heavy atom. The van der Waals surface area contributed by atoms with E-state index in [9.17, 15) is 132 Å². The monoisotopic (exact) mass is 1850 g/mol. The Morgan fingerprint density at radius 1 is 0.290 bits per heavy atom. The predicted molar refractivity (Wildman–Crippen MR) is 447 cm³/mol. The molecule has 19 amide bonds. The summed E-state index contributed by atoms with van der Waals surface area (Å²) < 4.78 is 0. The second-order valence-corrected chi connectivity index (χ2v) is 36.5. The van der Waals surface area contributed by atoms with E-state index in [0.29, 0.717) is 64.3 Å². The fraction of sp³-hybridized carbons (Fsp3) is 0.759. The number of hydrogen-bond donors (Lipinski definition) is 16. The summed E-state index contributed by atoms with van der Waals surface area (Å²) in [6, 6.07) is -16.0. The molecule has 13 aliphatic rings. The van der Waals surface area contributed by atoms with Gasteiger partial charge >= 0.3 is 5.97 Å². The molecule has 48 nitrogen and oxygen atoms in total. The largest absolute Gasteiger partial charge is 0.480 e. The Kier molecular flexibility index (Phi) is 32.2. The molecule has 0 unspecified atom stereocenters. The van der Waals surface area contributed by atoms with Gasteiger partial charge in [0.05, 0.1) is 81.9 Å². The van der Waals surface area contributed by atoms with Crippen LogP contribution in [0.5, 0.6) is 0 Å². The lowest BCUT2D eigenvalue weighted by molar-refractivity contribution is -0.151. The maximum atomic E-state index is 14.5. The molecule has 131 heavy (non-hydrogen) atoms. The van der Waals surface area contributed by atoms with Crippen LogP contribution in [0.4, 0.5) is 0 Å². The van der Waals surface area contributed by atoms with E-state index < -0.39 is 273 Å². The van der Waals surface area contributed by atoms with Gasteiger partial charge in [-0.25, -0.2) is 4.79 Å². The SMILES string of the molecule is NCCCC[C@H](NC(=O)[C@@H]1CCCN1C(=O)CNC(=O)[C@@H]1C[C@@H](O)CN1C(=O)[C@@H]1CCCN1)C(=O)NCC(=O)N1CCC[C@H]1C(=O)N1C[C@H](O)C[C@H]1C(=O)NCC(=O)N1CCC[C@H]1C(=O)N1C[C@H](O)C[C@H]1C(=O)NCC(=O)N1CCC[C@H]1C(=O)N1C[C@H](O)C[C@H]1C(=O)NCC(=O)N1CCC[C@H]1C(=O)N1C[C@H](O)C[C@H]1C(=O)NCC(=O)N1CCC[C@H]1C(=O)N1C[C@H](O)C[C@H]1C(=O)O. The van der Waals surface area contributed by atoms with E-state index in [1.54, 1.807) is 0 Å². The second kappa shape index (κ2) is 43.2. The maximum absolute atomic E-state index is 14.5. The fourth-order valence-electron chi connectivity index (χ4n) is 21.1. The zero-order chi connectivity index (χ0) is 94.1. The first kappa shape index (κ1) is 97.6. The number of nitrogens with two attached hydrogens (primary N) is 1. The number of carbonyl (C=O) groups is 20. The average molecular weight is 1850 g/mol. The number of unbranched alkanes of at least 4 members (excludes halogenated alkanes) is 1. The minimum atomic E-state index is -1.35. The van der Waals surface area contributed by atoms with Gasteiger partial charge in [0.25, 0.3) is 0 Å². The predicted octanol–water partition coefficient (Wildman–Crippen LogP) is -12.1. The van der Waals surface area contributed by atoms with Crippen molar-refractivity contribution in [1.29, 1.82) is 0 Å². The van der Waals surface area contributed by atoms with Gasteiger partial charge in [0, 0.05) is 117 Å². The molecule has 13 aliphatic heterocycles. The molecule has 0 aromatic rings. The van der Waals surface area contributed by atoms with E-state index in [1.807, 2.05) is 0 Å². The van der Waals surface area contributed by atoms with Crippen LogP contribution in [-0.2, 0) is 95.9 Å². The highest BCUT2D eigenvalue weighted by Gasteiger charge is 2.53. The molecule has 48 heteroatoms. The summed E-state index contributed by atoms with van der Waals surface area (Å²) in [5.74, 6) is -14.5. The normalized spacial score (nSPS) is 30.2. The van der Waals surface area contributed by atoms with E-state index in [1.165, 1.54) is 34.3 Å². The molecule has 0 radical (unpaired) electrons. The van der Waals surface area contributed by atoms with Crippen molar-refractivity contribution in [3.63, 3.8) is 0 Å². The molecule has 20 atom stereocenters. The molecule has 17 N–H and O–H groups in total. The molecule has 722 valence electrons. The first-order valence-electron chi connectivity index (χ1n) is 45.9. The highest BCUT2D eigenvalue weighted by atomic mass is 16.4. The molecule has 0 aromatic heterocycles. The van der Waals surface area contributed by atoms with Gasteiger partial charge in [-0.05, 0) is 122 Å². The number of carboxylic acids is 1. The summed E-state index contributed by atoms with van der Waals surface area (Å²) in [5.41, 5.74) is 5.76. The minimum absolute atomic E-state index is 0.0156. The lowest BCUT2D eigenvalue weighted by Gasteiger charge is -2.32. The molecule has 0 spiro atoms. The van der Waals surface area contributed by atoms with Crippen molar-refractivity contribution in [2.75, 3.05) is 131 Å². The van der Waals surface area contributed by atoms with Gasteiger partial charge < -0.3 is 143 Å². The van der Waals surface area contributed by atoms with Crippen LogP contribution in [0, 0.1) is 0 Å². The number of aliphatic carboxylic acids is 1. The van der Waals surface area contributed by atoms with Gasteiger partial charge in [-0.2, -0.15) is 0 Å². The maximum Gasteiger partial charge on any atom is 0.326 e. The van der Waals surface area contributed by atoms with E-state index in [-0.39, 0.29) is 174 Å². The molecule has 13 heterocycles. The van der Waals surface area contributed by atoms with Gasteiger partial charge in [-0.15, -0.1) is 0 Å². The topological polar surface area (TPSA) is 644 Å². The number of carboxylic acid groups (broad SMARTS) is 1. The Hall–Kier alpha value is -10.9. The van der Waals surface area contributed by atoms with Crippen LogP contribution in [0.25, 0.3) is 0 Å². The van der Waals surface area contributed by atoms with Gasteiger partial charge in [-0.1, -0.05) is 0 Å². The van der Waals surface area contributed by atoms with E-state index in [0.717, 1.165) is 30.9 Å². The van der Waals surface area contributed by atoms with Crippen LogP contribution in [0.3, 0.4) is 0 Å². The van der Waals surface area contributed by atoms with Crippen LogP contribution in [0.15, 0.2) is 0 Å². The zero-order valence-corrected chi connectivity index (χ0v) is 73.2. The summed E-state index contributed by atoms with van der Waals surface area (Å²) in [7, 11) is 0. The van der Waals surface area contributed by atoms with Crippen molar-refractivity contribution in [3.8, 4) is 0 Å². The summed E-state index contributed by atoms with van der Waals surface area (Å²) in [5, 5.41) is 94.7. The number of aliphatic hydroxyl groups is 6. The van der Waals surface area contributed by atoms with Crippen molar-refractivity contribution >= 4 is 118 Å². The van der Waals surface area contributed by atoms with Crippen molar-refractivity contribution < 1.29 is 132 Å². The molecule has 13 rings (SSSR count). The minimum Gasteiger partial charge on any atom is -0.480 e. The number of likely N-dealkylation sites (tertiary alicyclic amines) is 12. The number of aliphatic hydroxyl groups excluding tert-OH is 6. The highest BCUT2D eigenvalue weighted by Crippen LogP contribution is 2.34. The molecule has 0 bridgehead atoms. The number of β-amino-alcohol motifs (C(OH)–C–C–N with tert-alkyl or cyclic N) is 6. The van der Waals surface area contributed by atoms with Crippen LogP contribution < -0.4 is 48.3 Å². The molecule has 13 fully saturated rings.